The number of methoxy groups -OCH3 is 1. The lowest BCUT2D eigenvalue weighted by Crippen LogP contribution is -2.21. The number of esters is 1. The van der Waals surface area contributed by atoms with Crippen molar-refractivity contribution in [1.29, 1.82) is 0 Å². The zero-order valence-electron chi connectivity index (χ0n) is 23.5. The number of benzene rings is 2. The maximum Gasteiger partial charge on any atom is 0.337 e. The summed E-state index contributed by atoms with van der Waals surface area (Å²) in [6, 6.07) is 7.65. The lowest BCUT2D eigenvalue weighted by atomic mass is 9.78. The van der Waals surface area contributed by atoms with Gasteiger partial charge < -0.3 is 14.6 Å². The van der Waals surface area contributed by atoms with Gasteiger partial charge in [0.25, 0.3) is 0 Å². The van der Waals surface area contributed by atoms with Gasteiger partial charge in [-0.05, 0) is 45.9 Å². The fraction of sp³-hybridized carbons (Fsp3) is 0.567. The van der Waals surface area contributed by atoms with Gasteiger partial charge in [0.1, 0.15) is 17.2 Å². The Morgan fingerprint density at radius 1 is 0.647 bits per heavy atom. The van der Waals surface area contributed by atoms with Crippen molar-refractivity contribution in [3.05, 3.63) is 52.1 Å². The molecule has 0 amide bonds. The molecule has 2 aromatic rings. The summed E-state index contributed by atoms with van der Waals surface area (Å²) in [6.07, 6.45) is 0. The number of hydrogen-bond acceptors (Lipinski definition) is 4. The minimum Gasteiger partial charge on any atom is -0.507 e. The molecule has 0 aromatic heterocycles. The van der Waals surface area contributed by atoms with E-state index in [0.29, 0.717) is 17.1 Å². The number of aromatic hydroxyl groups is 1. The van der Waals surface area contributed by atoms with Crippen molar-refractivity contribution in [2.75, 3.05) is 7.11 Å². The highest BCUT2D eigenvalue weighted by Crippen LogP contribution is 2.46. The smallest absolute Gasteiger partial charge is 0.337 e. The molecule has 188 valence electrons. The second-order valence-electron chi connectivity index (χ2n) is 13.4. The lowest BCUT2D eigenvalue weighted by Gasteiger charge is -2.32. The summed E-state index contributed by atoms with van der Waals surface area (Å²) in [7, 11) is 1.40. The molecule has 0 atom stereocenters. The van der Waals surface area contributed by atoms with Gasteiger partial charge in [0.2, 0.25) is 0 Å². The van der Waals surface area contributed by atoms with Gasteiger partial charge in [0, 0.05) is 22.3 Å². The zero-order valence-corrected chi connectivity index (χ0v) is 23.5. The first-order valence-corrected chi connectivity index (χ1v) is 12.0. The zero-order chi connectivity index (χ0) is 26.4. The van der Waals surface area contributed by atoms with E-state index in [9.17, 15) is 9.90 Å². The summed E-state index contributed by atoms with van der Waals surface area (Å²) in [5.74, 6) is 1.38. The molecule has 0 aliphatic heterocycles. The van der Waals surface area contributed by atoms with Crippen molar-refractivity contribution in [3.63, 3.8) is 0 Å². The molecule has 1 N–H and O–H groups in total. The molecule has 0 aliphatic carbocycles. The second kappa shape index (κ2) is 8.94. The van der Waals surface area contributed by atoms with Crippen molar-refractivity contribution in [2.45, 2.75) is 105 Å². The van der Waals surface area contributed by atoms with E-state index in [4.69, 9.17) is 9.47 Å². The van der Waals surface area contributed by atoms with Crippen LogP contribution in [-0.4, -0.2) is 18.2 Å². The lowest BCUT2D eigenvalue weighted by molar-refractivity contribution is 0.0600. The van der Waals surface area contributed by atoms with Crippen molar-refractivity contribution in [3.8, 4) is 17.2 Å². The number of carbonyl (C=O) groups excluding carboxylic acids is 1. The van der Waals surface area contributed by atoms with E-state index in [0.717, 1.165) is 28.0 Å². The maximum absolute atomic E-state index is 12.5. The van der Waals surface area contributed by atoms with Crippen LogP contribution in [0.4, 0.5) is 0 Å². The van der Waals surface area contributed by atoms with Gasteiger partial charge in [0.05, 0.1) is 12.7 Å². The molecule has 0 bridgehead atoms. The number of phenols is 1. The Labute approximate surface area is 206 Å². The number of ether oxygens (including phenoxy) is 2. The minimum absolute atomic E-state index is 0.266. The van der Waals surface area contributed by atoms with Gasteiger partial charge in [0.15, 0.2) is 0 Å². The van der Waals surface area contributed by atoms with Crippen LogP contribution in [0.5, 0.6) is 17.2 Å². The number of carbonyl (C=O) groups is 1. The third-order valence-electron chi connectivity index (χ3n) is 6.05. The maximum atomic E-state index is 12.5. The largest absolute Gasteiger partial charge is 0.507 e. The molecule has 4 heteroatoms. The van der Waals surface area contributed by atoms with Crippen LogP contribution in [0.2, 0.25) is 0 Å². The normalized spacial score (nSPS) is 13.1. The van der Waals surface area contributed by atoms with Crippen molar-refractivity contribution < 1.29 is 19.4 Å². The summed E-state index contributed by atoms with van der Waals surface area (Å²) in [5, 5.41) is 11.1. The Balaban J connectivity index is 2.91. The van der Waals surface area contributed by atoms with E-state index in [2.05, 4.69) is 83.1 Å². The Hall–Kier alpha value is -2.49. The summed E-state index contributed by atoms with van der Waals surface area (Å²) in [4.78, 5) is 12.5. The molecule has 4 nitrogen and oxygen atoms in total. The van der Waals surface area contributed by atoms with Crippen LogP contribution in [0.15, 0.2) is 24.3 Å². The summed E-state index contributed by atoms with van der Waals surface area (Å²) < 4.78 is 11.8. The molecule has 0 aliphatic rings. The minimum atomic E-state index is -0.364. The number of rotatable bonds is 3. The molecule has 0 spiro atoms. The van der Waals surface area contributed by atoms with E-state index < -0.39 is 0 Å². The summed E-state index contributed by atoms with van der Waals surface area (Å²) >= 11 is 0. The van der Waals surface area contributed by atoms with Gasteiger partial charge >= 0.3 is 5.97 Å². The van der Waals surface area contributed by atoms with Gasteiger partial charge in [-0.25, -0.2) is 4.79 Å². The summed E-state index contributed by atoms with van der Waals surface area (Å²) in [6.45, 7) is 25.2. The fourth-order valence-corrected chi connectivity index (χ4v) is 4.02. The second-order valence-corrected chi connectivity index (χ2v) is 13.4. The van der Waals surface area contributed by atoms with E-state index in [-0.39, 0.29) is 27.6 Å². The van der Waals surface area contributed by atoms with Crippen molar-refractivity contribution >= 4 is 5.97 Å². The quantitative estimate of drug-likeness (QED) is 0.462. The SMILES string of the molecule is COC(=O)c1cc(C(C)(C)C)c(Oc2cc(C(C)(C)C)c(O)c(C(C)(C)C)c2)c(C(C)(C)C)c1. The molecule has 0 saturated heterocycles. The van der Waals surface area contributed by atoms with E-state index >= 15 is 0 Å². The van der Waals surface area contributed by atoms with Gasteiger partial charge in [-0.3, -0.25) is 0 Å². The first kappa shape index (κ1) is 27.8. The third kappa shape index (κ3) is 5.95. The van der Waals surface area contributed by atoms with Crippen LogP contribution in [-0.2, 0) is 26.4 Å². The van der Waals surface area contributed by atoms with Gasteiger partial charge in [-0.2, -0.15) is 0 Å². The predicted octanol–water partition coefficient (Wildman–Crippen LogP) is 8.16. The van der Waals surface area contributed by atoms with Crippen LogP contribution in [0, 0.1) is 0 Å². The highest BCUT2D eigenvalue weighted by Gasteiger charge is 2.31. The van der Waals surface area contributed by atoms with Crippen LogP contribution in [0.3, 0.4) is 0 Å². The number of phenolic OH excluding ortho intramolecular Hbond substituents is 1. The standard InChI is InChI=1S/C30H44O4/c1-27(2,3)20-16-19(17-21(24(20)31)28(4,5)6)34-25-22(29(7,8)9)14-18(26(32)33-13)15-23(25)30(10,11)12/h14-17,31H,1-13H3. The molecule has 34 heavy (non-hydrogen) atoms. The van der Waals surface area contributed by atoms with E-state index in [1.807, 2.05) is 24.3 Å². The highest BCUT2D eigenvalue weighted by molar-refractivity contribution is 5.90. The Kier molecular flexibility index (Phi) is 7.30. The van der Waals surface area contributed by atoms with Gasteiger partial charge in [-0.1, -0.05) is 83.1 Å². The van der Waals surface area contributed by atoms with Crippen molar-refractivity contribution in [2.24, 2.45) is 0 Å². The van der Waals surface area contributed by atoms with E-state index in [1.54, 1.807) is 0 Å². The van der Waals surface area contributed by atoms with Crippen LogP contribution in [0.1, 0.15) is 116 Å². The Bertz CT molecular complexity index is 995. The molecule has 0 unspecified atom stereocenters. The topological polar surface area (TPSA) is 55.8 Å². The highest BCUT2D eigenvalue weighted by atomic mass is 16.5. The molecule has 2 aromatic carbocycles. The van der Waals surface area contributed by atoms with Crippen molar-refractivity contribution in [1.82, 2.24) is 0 Å². The van der Waals surface area contributed by atoms with E-state index in [1.165, 1.54) is 7.11 Å². The molecule has 0 heterocycles. The average Bonchev–Trinajstić information content (AvgIpc) is 2.65. The fourth-order valence-electron chi connectivity index (χ4n) is 4.02. The van der Waals surface area contributed by atoms with Crippen LogP contribution < -0.4 is 4.74 Å². The molecule has 2 rings (SSSR count). The summed E-state index contributed by atoms with van der Waals surface area (Å²) in [5.41, 5.74) is 2.97. The number of hydrogen-bond donors (Lipinski definition) is 1. The average molecular weight is 469 g/mol. The molecule has 0 radical (unpaired) electrons. The Morgan fingerprint density at radius 3 is 1.29 bits per heavy atom. The van der Waals surface area contributed by atoms with Gasteiger partial charge in [-0.15, -0.1) is 0 Å². The van der Waals surface area contributed by atoms with Crippen LogP contribution in [0.25, 0.3) is 0 Å². The monoisotopic (exact) mass is 468 g/mol. The third-order valence-corrected chi connectivity index (χ3v) is 6.05. The molecule has 0 fully saturated rings. The molecule has 0 saturated carbocycles. The van der Waals surface area contributed by atoms with Crippen LogP contribution >= 0.6 is 0 Å². The first-order valence-electron chi connectivity index (χ1n) is 12.0. The molecular formula is C30H44O4. The molecular weight excluding hydrogens is 424 g/mol. The predicted molar refractivity (Wildman–Crippen MR) is 141 cm³/mol. The Morgan fingerprint density at radius 2 is 1.00 bits per heavy atom. The first-order chi connectivity index (χ1) is 15.2.